The van der Waals surface area contributed by atoms with E-state index in [0.29, 0.717) is 44.7 Å². The highest BCUT2D eigenvalue weighted by atomic mass is 16.5. The van der Waals surface area contributed by atoms with E-state index < -0.39 is 5.91 Å². The number of carbonyl (C=O) groups is 2. The normalized spacial score (nSPS) is 13.4. The molecule has 1 aliphatic rings. The molecule has 8 heteroatoms. The number of hydrogen-bond acceptors (Lipinski definition) is 7. The highest BCUT2D eigenvalue weighted by molar-refractivity contribution is 6.00. The zero-order chi connectivity index (χ0) is 26.8. The first-order valence-electron chi connectivity index (χ1n) is 13.3. The number of nitrogens with zero attached hydrogens (tertiary/aromatic N) is 1. The highest BCUT2D eigenvalue weighted by Gasteiger charge is 2.26. The van der Waals surface area contributed by atoms with E-state index in [1.54, 1.807) is 6.92 Å². The molecule has 0 fully saturated rings. The Balaban J connectivity index is 1.54. The number of ether oxygens (including phenoxy) is 3. The van der Waals surface area contributed by atoms with Crippen molar-refractivity contribution in [1.29, 1.82) is 0 Å². The first-order valence-corrected chi connectivity index (χ1v) is 13.3. The lowest BCUT2D eigenvalue weighted by atomic mass is 9.98. The molecule has 202 valence electrons. The van der Waals surface area contributed by atoms with Crippen molar-refractivity contribution in [2.24, 2.45) is 5.73 Å². The van der Waals surface area contributed by atoms with Crippen LogP contribution in [0.4, 0.5) is 5.69 Å². The zero-order valence-electron chi connectivity index (χ0n) is 22.5. The molecule has 1 amide bonds. The van der Waals surface area contributed by atoms with E-state index in [-0.39, 0.29) is 18.1 Å². The van der Waals surface area contributed by atoms with Gasteiger partial charge in [-0.15, -0.1) is 0 Å². The van der Waals surface area contributed by atoms with Crippen LogP contribution in [0.2, 0.25) is 0 Å². The van der Waals surface area contributed by atoms with E-state index in [4.69, 9.17) is 19.9 Å². The number of primary amides is 1. The molecule has 0 aliphatic carbocycles. The molecular weight excluding hydrogens is 470 g/mol. The third-order valence-corrected chi connectivity index (χ3v) is 6.20. The maximum Gasteiger partial charge on any atom is 0.305 e. The molecule has 2 aromatic rings. The summed E-state index contributed by atoms with van der Waals surface area (Å²) >= 11 is 0. The van der Waals surface area contributed by atoms with Crippen LogP contribution >= 0.6 is 0 Å². The van der Waals surface area contributed by atoms with Crippen LogP contribution in [0.25, 0.3) is 0 Å². The minimum absolute atomic E-state index is 0.0807. The van der Waals surface area contributed by atoms with Crippen molar-refractivity contribution in [3.8, 4) is 11.5 Å². The molecule has 1 aliphatic heterocycles. The first kappa shape index (κ1) is 28.3. The zero-order valence-corrected chi connectivity index (χ0v) is 22.5. The van der Waals surface area contributed by atoms with Gasteiger partial charge >= 0.3 is 5.97 Å². The fourth-order valence-electron chi connectivity index (χ4n) is 4.68. The number of nitrogens with one attached hydrogen (secondary N) is 1. The van der Waals surface area contributed by atoms with Crippen molar-refractivity contribution >= 4 is 17.6 Å². The lowest BCUT2D eigenvalue weighted by Gasteiger charge is -2.22. The van der Waals surface area contributed by atoms with Gasteiger partial charge in [0.2, 0.25) is 0 Å². The molecular formula is C29H41N3O5. The van der Waals surface area contributed by atoms with Gasteiger partial charge in [0.15, 0.2) is 11.5 Å². The molecule has 0 radical (unpaired) electrons. The lowest BCUT2D eigenvalue weighted by molar-refractivity contribution is -0.143. The first-order chi connectivity index (χ1) is 17.8. The van der Waals surface area contributed by atoms with Crippen LogP contribution in [0, 0.1) is 0 Å². The summed E-state index contributed by atoms with van der Waals surface area (Å²) in [5, 5.41) is 3.50. The van der Waals surface area contributed by atoms with Gasteiger partial charge < -0.3 is 30.2 Å². The van der Waals surface area contributed by atoms with Gasteiger partial charge in [-0.25, -0.2) is 0 Å². The second-order valence-electron chi connectivity index (χ2n) is 9.68. The minimum atomic E-state index is -0.424. The van der Waals surface area contributed by atoms with Crippen molar-refractivity contribution in [3.05, 3.63) is 53.1 Å². The largest absolute Gasteiger partial charge is 0.488 e. The second kappa shape index (κ2) is 13.9. The van der Waals surface area contributed by atoms with E-state index in [0.717, 1.165) is 47.7 Å². The Morgan fingerprint density at radius 3 is 2.59 bits per heavy atom. The van der Waals surface area contributed by atoms with Gasteiger partial charge in [-0.2, -0.15) is 0 Å². The van der Waals surface area contributed by atoms with Gasteiger partial charge in [0.1, 0.15) is 6.61 Å². The number of rotatable bonds is 15. The van der Waals surface area contributed by atoms with E-state index >= 15 is 0 Å². The van der Waals surface area contributed by atoms with Crippen molar-refractivity contribution in [2.75, 3.05) is 37.7 Å². The fourth-order valence-corrected chi connectivity index (χ4v) is 4.68. The van der Waals surface area contributed by atoms with Crippen molar-refractivity contribution in [3.63, 3.8) is 0 Å². The average Bonchev–Trinajstić information content (AvgIpc) is 3.24. The maximum absolute atomic E-state index is 12.3. The van der Waals surface area contributed by atoms with Crippen molar-refractivity contribution in [2.45, 2.75) is 65.5 Å². The van der Waals surface area contributed by atoms with Crippen LogP contribution < -0.4 is 25.4 Å². The molecule has 2 aromatic carbocycles. The molecule has 8 nitrogen and oxygen atoms in total. The summed E-state index contributed by atoms with van der Waals surface area (Å²) < 4.78 is 16.8. The third kappa shape index (κ3) is 8.39. The summed E-state index contributed by atoms with van der Waals surface area (Å²) in [5.41, 5.74) is 9.47. The second-order valence-corrected chi connectivity index (χ2v) is 9.68. The lowest BCUT2D eigenvalue weighted by Crippen LogP contribution is -2.32. The molecule has 1 atom stereocenters. The Kier molecular flexibility index (Phi) is 10.6. The molecule has 37 heavy (non-hydrogen) atoms. The number of carbonyl (C=O) groups excluding carboxylic acids is 2. The standard InChI is InChI=1S/C29H41N3O5/c1-5-35-27(33)11-8-14-32-15-12-23-18-22(19-24(28(23)32)29(30)34)17-21(4)31-13-16-36-25-9-6-7-10-26(25)37-20(2)3/h6-7,9-10,18-21,31H,5,8,11-17H2,1-4H3,(H2,30,34). The van der Waals surface area contributed by atoms with Crippen molar-refractivity contribution < 1.29 is 23.8 Å². The molecule has 0 aromatic heterocycles. The molecule has 0 bridgehead atoms. The molecule has 1 heterocycles. The number of amides is 1. The summed E-state index contributed by atoms with van der Waals surface area (Å²) in [6, 6.07) is 12.0. The SMILES string of the molecule is CCOC(=O)CCCN1CCc2cc(CC(C)NCCOc3ccccc3OC(C)C)cc(C(N)=O)c21. The predicted octanol–water partition coefficient (Wildman–Crippen LogP) is 3.88. The summed E-state index contributed by atoms with van der Waals surface area (Å²) in [4.78, 5) is 26.2. The minimum Gasteiger partial charge on any atom is -0.488 e. The van der Waals surface area contributed by atoms with Crippen LogP contribution in [-0.2, 0) is 22.4 Å². The maximum atomic E-state index is 12.3. The molecule has 1 unspecified atom stereocenters. The quantitative estimate of drug-likeness (QED) is 0.276. The van der Waals surface area contributed by atoms with E-state index in [2.05, 4.69) is 23.2 Å². The molecule has 0 saturated heterocycles. The Labute approximate surface area is 220 Å². The molecule has 0 spiro atoms. The summed E-state index contributed by atoms with van der Waals surface area (Å²) in [7, 11) is 0. The summed E-state index contributed by atoms with van der Waals surface area (Å²) in [6.07, 6.45) is 2.75. The number of nitrogens with two attached hydrogens (primary N) is 1. The van der Waals surface area contributed by atoms with Gasteiger partial charge in [0, 0.05) is 32.1 Å². The predicted molar refractivity (Wildman–Crippen MR) is 146 cm³/mol. The van der Waals surface area contributed by atoms with E-state index in [9.17, 15) is 9.59 Å². The average molecular weight is 512 g/mol. The Morgan fingerprint density at radius 2 is 1.89 bits per heavy atom. The Bertz CT molecular complexity index is 1060. The third-order valence-electron chi connectivity index (χ3n) is 6.20. The van der Waals surface area contributed by atoms with Crippen LogP contribution in [-0.4, -0.2) is 56.9 Å². The molecule has 3 N–H and O–H groups in total. The van der Waals surface area contributed by atoms with Gasteiger partial charge in [0.25, 0.3) is 5.91 Å². The number of benzene rings is 2. The fraction of sp³-hybridized carbons (Fsp3) is 0.517. The van der Waals surface area contributed by atoms with Crippen LogP contribution in [0.5, 0.6) is 11.5 Å². The molecule has 0 saturated carbocycles. The van der Waals surface area contributed by atoms with Gasteiger partial charge in [-0.3, -0.25) is 9.59 Å². The van der Waals surface area contributed by atoms with Crippen LogP contribution in [0.3, 0.4) is 0 Å². The van der Waals surface area contributed by atoms with E-state index in [1.165, 1.54) is 0 Å². The summed E-state index contributed by atoms with van der Waals surface area (Å²) in [5.74, 6) is 0.874. The summed E-state index contributed by atoms with van der Waals surface area (Å²) in [6.45, 7) is 11.0. The van der Waals surface area contributed by atoms with Gasteiger partial charge in [-0.05, 0) is 76.3 Å². The number of fused-ring (bicyclic) bond motifs is 1. The topological polar surface area (TPSA) is 103 Å². The van der Waals surface area contributed by atoms with Crippen LogP contribution in [0.15, 0.2) is 36.4 Å². The number of para-hydroxylation sites is 2. The van der Waals surface area contributed by atoms with Crippen LogP contribution in [0.1, 0.15) is 62.0 Å². The highest BCUT2D eigenvalue weighted by Crippen LogP contribution is 2.34. The van der Waals surface area contributed by atoms with Gasteiger partial charge in [0.05, 0.1) is 24.0 Å². The Hall–Kier alpha value is -3.26. The number of anilines is 1. The van der Waals surface area contributed by atoms with E-state index in [1.807, 2.05) is 44.2 Å². The monoisotopic (exact) mass is 511 g/mol. The van der Waals surface area contributed by atoms with Gasteiger partial charge in [-0.1, -0.05) is 18.2 Å². The smallest absolute Gasteiger partial charge is 0.305 e. The molecule has 3 rings (SSSR count). The van der Waals surface area contributed by atoms with Crippen molar-refractivity contribution in [1.82, 2.24) is 5.32 Å². The number of hydrogen-bond donors (Lipinski definition) is 2. The Morgan fingerprint density at radius 1 is 1.14 bits per heavy atom. The number of esters is 1.